The van der Waals surface area contributed by atoms with Crippen LogP contribution in [0.2, 0.25) is 0 Å². The van der Waals surface area contributed by atoms with Crippen LogP contribution < -0.4 is 15.4 Å². The van der Waals surface area contributed by atoms with Gasteiger partial charge in [0, 0.05) is 12.6 Å². The van der Waals surface area contributed by atoms with Crippen molar-refractivity contribution in [2.24, 2.45) is 0 Å². The molecule has 2 fully saturated rings. The van der Waals surface area contributed by atoms with Crippen molar-refractivity contribution in [3.05, 3.63) is 29.8 Å². The number of carbonyl (C=O) groups excluding carboxylic acids is 1. The summed E-state index contributed by atoms with van der Waals surface area (Å²) in [6.45, 7) is 1.83. The molecule has 1 atom stereocenters. The van der Waals surface area contributed by atoms with Gasteiger partial charge in [-0.25, -0.2) is 0 Å². The van der Waals surface area contributed by atoms with Gasteiger partial charge in [0.05, 0.1) is 4.58 Å². The van der Waals surface area contributed by atoms with Gasteiger partial charge in [-0.3, -0.25) is 4.79 Å². The van der Waals surface area contributed by atoms with Crippen LogP contribution in [-0.4, -0.2) is 43.2 Å². The van der Waals surface area contributed by atoms with E-state index in [1.165, 1.54) is 29.9 Å². The quantitative estimate of drug-likeness (QED) is 0.783. The van der Waals surface area contributed by atoms with Crippen molar-refractivity contribution >= 4 is 41.8 Å². The predicted molar refractivity (Wildman–Crippen MR) is 105 cm³/mol. The van der Waals surface area contributed by atoms with Gasteiger partial charge in [-0.15, -0.1) is 35.9 Å². The van der Waals surface area contributed by atoms with Gasteiger partial charge >= 0.3 is 0 Å². The highest BCUT2D eigenvalue weighted by Crippen LogP contribution is 2.43. The Morgan fingerprint density at radius 3 is 2.62 bits per heavy atom. The third kappa shape index (κ3) is 6.06. The summed E-state index contributed by atoms with van der Waals surface area (Å²) in [7, 11) is 0. The number of amides is 1. The molecule has 24 heavy (non-hydrogen) atoms. The van der Waals surface area contributed by atoms with Gasteiger partial charge in [-0.1, -0.05) is 12.1 Å². The number of rotatable bonds is 6. The molecule has 0 aromatic heterocycles. The monoisotopic (exact) mass is 388 g/mol. The Balaban J connectivity index is 0.00000208. The average Bonchev–Trinajstić information content (AvgIpc) is 3.13. The number of carbonyl (C=O) groups is 1. The second-order valence-electron chi connectivity index (χ2n) is 5.88. The highest BCUT2D eigenvalue weighted by molar-refractivity contribution is 8.16. The van der Waals surface area contributed by atoms with Crippen LogP contribution in [-0.2, 0) is 4.79 Å². The Kier molecular flexibility index (Phi) is 8.59. The maximum atomic E-state index is 11.8. The summed E-state index contributed by atoms with van der Waals surface area (Å²) in [5, 5.41) is 6.29. The van der Waals surface area contributed by atoms with E-state index in [1.807, 2.05) is 35.7 Å². The summed E-state index contributed by atoms with van der Waals surface area (Å²) in [4.78, 5) is 11.8. The molecule has 2 aliphatic rings. The molecule has 7 heteroatoms. The zero-order valence-electron chi connectivity index (χ0n) is 13.7. The fourth-order valence-corrected chi connectivity index (χ4v) is 5.66. The maximum absolute atomic E-state index is 11.8. The van der Waals surface area contributed by atoms with Crippen LogP contribution in [0, 0.1) is 0 Å². The summed E-state index contributed by atoms with van der Waals surface area (Å²) in [6, 6.07) is 8.59. The third-order valence-electron chi connectivity index (χ3n) is 4.06. The maximum Gasteiger partial charge on any atom is 0.257 e. The number of halogens is 1. The van der Waals surface area contributed by atoms with Crippen LogP contribution in [0.4, 0.5) is 0 Å². The Morgan fingerprint density at radius 1 is 1.21 bits per heavy atom. The molecule has 0 saturated carbocycles. The Labute approximate surface area is 158 Å². The first-order chi connectivity index (χ1) is 11.3. The normalized spacial score (nSPS) is 21.1. The third-order valence-corrected chi connectivity index (χ3v) is 7.07. The van der Waals surface area contributed by atoms with Crippen molar-refractivity contribution in [3.8, 4) is 5.75 Å². The summed E-state index contributed by atoms with van der Waals surface area (Å²) in [6.07, 6.45) is 3.64. The minimum atomic E-state index is -0.0545. The zero-order valence-corrected chi connectivity index (χ0v) is 16.1. The first kappa shape index (κ1) is 19.8. The smallest absolute Gasteiger partial charge is 0.257 e. The molecule has 2 saturated heterocycles. The Bertz CT molecular complexity index is 504. The standard InChI is InChI=1S/C17H24N2O2S2.ClH/c20-16(19-11-14-3-1-8-18-14)12-21-15-6-4-13(5-7-15)17-22-9-2-10-23-17;/h4-7,14,17-18H,1-3,8-12H2,(H,19,20);1H. The number of benzene rings is 1. The van der Waals surface area contributed by atoms with E-state index in [0.717, 1.165) is 18.7 Å². The summed E-state index contributed by atoms with van der Waals surface area (Å²) in [5.74, 6) is 3.19. The van der Waals surface area contributed by atoms with Crippen molar-refractivity contribution in [2.45, 2.75) is 29.9 Å². The van der Waals surface area contributed by atoms with Crippen molar-refractivity contribution in [1.82, 2.24) is 10.6 Å². The van der Waals surface area contributed by atoms with Gasteiger partial charge in [0.25, 0.3) is 5.91 Å². The molecule has 1 amide bonds. The van der Waals surface area contributed by atoms with Gasteiger partial charge in [-0.2, -0.15) is 0 Å². The SMILES string of the molecule is Cl.O=C(COc1ccc(C2SCCCS2)cc1)NCC1CCCN1. The topological polar surface area (TPSA) is 50.4 Å². The molecule has 4 nitrogen and oxygen atoms in total. The van der Waals surface area contributed by atoms with E-state index in [4.69, 9.17) is 4.74 Å². The molecule has 0 aliphatic carbocycles. The second-order valence-corrected chi connectivity index (χ2v) is 8.61. The van der Waals surface area contributed by atoms with Gasteiger partial charge < -0.3 is 15.4 Å². The van der Waals surface area contributed by atoms with Crippen molar-refractivity contribution in [1.29, 1.82) is 0 Å². The molecule has 2 aliphatic heterocycles. The van der Waals surface area contributed by atoms with E-state index in [9.17, 15) is 4.79 Å². The van der Waals surface area contributed by atoms with Crippen LogP contribution >= 0.6 is 35.9 Å². The molecular weight excluding hydrogens is 364 g/mol. The van der Waals surface area contributed by atoms with Crippen molar-refractivity contribution in [2.75, 3.05) is 31.2 Å². The van der Waals surface area contributed by atoms with Crippen molar-refractivity contribution in [3.63, 3.8) is 0 Å². The first-order valence-corrected chi connectivity index (χ1v) is 10.4. The minimum Gasteiger partial charge on any atom is -0.484 e. The molecule has 2 N–H and O–H groups in total. The minimum absolute atomic E-state index is 0. The lowest BCUT2D eigenvalue weighted by Crippen LogP contribution is -2.39. The van der Waals surface area contributed by atoms with Crippen LogP contribution in [0.15, 0.2) is 24.3 Å². The van der Waals surface area contributed by atoms with Crippen LogP contribution in [0.1, 0.15) is 29.4 Å². The average molecular weight is 389 g/mol. The van der Waals surface area contributed by atoms with Crippen molar-refractivity contribution < 1.29 is 9.53 Å². The first-order valence-electron chi connectivity index (χ1n) is 8.27. The molecule has 0 radical (unpaired) electrons. The van der Waals surface area contributed by atoms with E-state index in [2.05, 4.69) is 22.8 Å². The predicted octanol–water partition coefficient (Wildman–Crippen LogP) is 3.22. The number of ether oxygens (including phenoxy) is 1. The van der Waals surface area contributed by atoms with Gasteiger partial charge in [0.15, 0.2) is 6.61 Å². The van der Waals surface area contributed by atoms with Gasteiger partial charge in [0.1, 0.15) is 5.75 Å². The lowest BCUT2D eigenvalue weighted by Gasteiger charge is -2.21. The van der Waals surface area contributed by atoms with Gasteiger partial charge in [-0.05, 0) is 55.0 Å². The molecule has 1 aromatic carbocycles. The molecule has 1 aromatic rings. The highest BCUT2D eigenvalue weighted by atomic mass is 35.5. The van der Waals surface area contributed by atoms with Crippen LogP contribution in [0.5, 0.6) is 5.75 Å². The number of hydrogen-bond donors (Lipinski definition) is 2. The summed E-state index contributed by atoms with van der Waals surface area (Å²) >= 11 is 4.02. The van der Waals surface area contributed by atoms with E-state index in [0.29, 0.717) is 17.2 Å². The van der Waals surface area contributed by atoms with Crippen LogP contribution in [0.3, 0.4) is 0 Å². The van der Waals surface area contributed by atoms with E-state index >= 15 is 0 Å². The number of thioether (sulfide) groups is 2. The molecular formula is C17H25ClN2O2S2. The summed E-state index contributed by atoms with van der Waals surface area (Å²) < 4.78 is 6.12. The summed E-state index contributed by atoms with van der Waals surface area (Å²) in [5.41, 5.74) is 1.34. The fraction of sp³-hybridized carbons (Fsp3) is 0.588. The largest absolute Gasteiger partial charge is 0.484 e. The molecule has 3 rings (SSSR count). The Hall–Kier alpha value is -0.560. The molecule has 2 heterocycles. The fourth-order valence-electron chi connectivity index (χ4n) is 2.77. The number of hydrogen-bond acceptors (Lipinski definition) is 5. The van der Waals surface area contributed by atoms with E-state index in [1.54, 1.807) is 0 Å². The zero-order chi connectivity index (χ0) is 15.9. The Morgan fingerprint density at radius 2 is 1.96 bits per heavy atom. The van der Waals surface area contributed by atoms with Gasteiger partial charge in [0.2, 0.25) is 0 Å². The van der Waals surface area contributed by atoms with E-state index in [-0.39, 0.29) is 24.9 Å². The molecule has 1 unspecified atom stereocenters. The number of nitrogens with one attached hydrogen (secondary N) is 2. The second kappa shape index (κ2) is 10.4. The molecule has 0 bridgehead atoms. The molecule has 0 spiro atoms. The van der Waals surface area contributed by atoms with E-state index < -0.39 is 0 Å². The van der Waals surface area contributed by atoms with Crippen LogP contribution in [0.25, 0.3) is 0 Å². The molecule has 134 valence electrons. The lowest BCUT2D eigenvalue weighted by atomic mass is 10.2. The lowest BCUT2D eigenvalue weighted by molar-refractivity contribution is -0.123. The highest BCUT2D eigenvalue weighted by Gasteiger charge is 2.17.